The van der Waals surface area contributed by atoms with E-state index in [4.69, 9.17) is 37.9 Å². The van der Waals surface area contributed by atoms with Crippen LogP contribution in [-0.2, 0) is 37.9 Å². The first-order valence-electron chi connectivity index (χ1n) is 43.8. The van der Waals surface area contributed by atoms with Crippen LogP contribution in [0.4, 0.5) is 0 Å². The Labute approximate surface area is 710 Å². The highest BCUT2D eigenvalue weighted by Gasteiger charge is 2.61. The minimum Gasteiger partial charge on any atom is -0.492 e. The van der Waals surface area contributed by atoms with Gasteiger partial charge in [0.1, 0.15) is 45.4 Å². The van der Waals surface area contributed by atoms with Crippen molar-refractivity contribution in [3.8, 4) is 0 Å². The van der Waals surface area contributed by atoms with Gasteiger partial charge in [-0.3, -0.25) is 0 Å². The first kappa shape index (κ1) is 108. The average molecular weight is 1590 g/mol. The zero-order valence-corrected chi connectivity index (χ0v) is 88.3. The molecule has 0 atom stereocenters. The summed E-state index contributed by atoms with van der Waals surface area (Å²) in [5, 5.41) is 0. The topological polar surface area (TPSA) is 73.8 Å². The van der Waals surface area contributed by atoms with Gasteiger partial charge >= 0.3 is 0 Å². The first-order valence-corrected chi connectivity index (χ1v) is 43.8. The maximum atomic E-state index is 6.20. The first-order chi connectivity index (χ1) is 49.4. The van der Waals surface area contributed by atoms with E-state index in [0.29, 0.717) is 27.1 Å². The van der Waals surface area contributed by atoms with Crippen molar-refractivity contribution < 1.29 is 37.9 Å². The van der Waals surface area contributed by atoms with E-state index in [2.05, 4.69) is 367 Å². The molecule has 0 spiro atoms. The van der Waals surface area contributed by atoms with Crippen molar-refractivity contribution in [3.05, 3.63) is 113 Å². The fraction of sp³-hybridized carbons (Fsp3) is 0.811. The van der Waals surface area contributed by atoms with Crippen molar-refractivity contribution in [3.63, 3.8) is 0 Å². The molecule has 8 heteroatoms. The monoisotopic (exact) mass is 1590 g/mol. The zero-order valence-electron chi connectivity index (χ0n) is 88.3. The van der Waals surface area contributed by atoms with Crippen LogP contribution in [0.2, 0.25) is 0 Å². The molecule has 9 rings (SSSR count). The molecule has 3 aliphatic carbocycles. The molecule has 0 amide bonds. The van der Waals surface area contributed by atoms with E-state index in [1.165, 1.54) is 33.4 Å². The molecule has 0 aromatic rings. The summed E-state index contributed by atoms with van der Waals surface area (Å²) in [4.78, 5) is 0. The Kier molecular flexibility index (Phi) is 31.5. The van der Waals surface area contributed by atoms with E-state index < -0.39 is 5.79 Å². The second-order valence-corrected chi connectivity index (χ2v) is 47.5. The van der Waals surface area contributed by atoms with Crippen LogP contribution in [0.3, 0.4) is 0 Å². The predicted molar refractivity (Wildman–Crippen MR) is 498 cm³/mol. The summed E-state index contributed by atoms with van der Waals surface area (Å²) < 4.78 is 46.0. The molecule has 0 bridgehead atoms. The molecule has 6 heterocycles. The van der Waals surface area contributed by atoms with Gasteiger partial charge in [-0.05, 0) is 320 Å². The molecule has 0 aromatic carbocycles. The fourth-order valence-corrected chi connectivity index (χ4v) is 18.2. The van der Waals surface area contributed by atoms with Gasteiger partial charge in [0.05, 0.1) is 33.9 Å². The van der Waals surface area contributed by atoms with Crippen molar-refractivity contribution in [2.45, 2.75) is 494 Å². The normalized spacial score (nSPS) is 27.8. The Morgan fingerprint density at radius 2 is 0.333 bits per heavy atom. The summed E-state index contributed by atoms with van der Waals surface area (Å²) in [6.45, 7) is 142. The molecule has 0 fully saturated rings. The summed E-state index contributed by atoms with van der Waals surface area (Å²) >= 11 is 0. The second kappa shape index (κ2) is 33.2. The van der Waals surface area contributed by atoms with Gasteiger partial charge in [-0.2, -0.15) is 0 Å². The van der Waals surface area contributed by atoms with Crippen LogP contribution in [0, 0.1) is 70.4 Å². The van der Waals surface area contributed by atoms with Gasteiger partial charge < -0.3 is 37.9 Å². The van der Waals surface area contributed by atoms with E-state index in [1.807, 2.05) is 76.2 Å². The van der Waals surface area contributed by atoms with Crippen molar-refractivity contribution >= 4 is 0 Å². The van der Waals surface area contributed by atoms with E-state index >= 15 is 0 Å². The molecular weight excluding hydrogens is 1400 g/mol. The van der Waals surface area contributed by atoms with E-state index in [9.17, 15) is 0 Å². The molecule has 114 heavy (non-hydrogen) atoms. The molecule has 0 saturated carbocycles. The predicted octanol–water partition coefficient (Wildman–Crippen LogP) is 33.5. The summed E-state index contributed by atoms with van der Waals surface area (Å²) in [5.41, 5.74) is 23.2. The van der Waals surface area contributed by atoms with E-state index in [-0.39, 0.29) is 88.1 Å². The van der Waals surface area contributed by atoms with Crippen LogP contribution >= 0.6 is 0 Å². The van der Waals surface area contributed by atoms with Crippen molar-refractivity contribution in [1.82, 2.24) is 0 Å². The number of hydrogen-bond donors (Lipinski definition) is 0. The highest BCUT2D eigenvalue weighted by molar-refractivity contribution is 5.44. The standard InChI is InChI=1S/C16H30.C14H24.2C13H24O.C13H24.C10H18O2.2C10H18O.C7H12O2/c1-11-12(2)14(5,6)16(9,10)15(7,8)13(11,3)4;1-9-10(2)14(7,8)12(4)11(3)13(9,5)6;1-9-10(2)14-13(7,8)12(5,6)11(9,3)4;1-9-10(2)12(5,6)14-13(7,8)11(9,3)4;1-9-10(2)12(5,6)13(7,8)11(9,3)4;1-7-8(2)12-10(5,6)9(3,4)11-7;1-7-8(2)11-10(5,6)9(7,3)4;1-7-8(2)10(5,6)11-9(7,3)4;1-5-6(2)9-7(3,4)8-5/h1-10H3;3*1-8H3;1-8H3;1-6H3;2*1-6H3;1-4H3. The number of ether oxygens (including phenoxy) is 8. The molecule has 0 N–H and O–H groups in total. The Morgan fingerprint density at radius 3 is 0.535 bits per heavy atom. The van der Waals surface area contributed by atoms with E-state index in [0.717, 1.165) is 34.6 Å². The number of allylic oxidation sites excluding steroid dienone is 15. The summed E-state index contributed by atoms with van der Waals surface area (Å²) in [7, 11) is 0. The van der Waals surface area contributed by atoms with Crippen LogP contribution in [0.1, 0.15) is 443 Å². The minimum atomic E-state index is -0.436. The highest BCUT2D eigenvalue weighted by Crippen LogP contribution is 2.68. The Balaban J connectivity index is 0.000000643. The van der Waals surface area contributed by atoms with Gasteiger partial charge in [-0.25, -0.2) is 0 Å². The second-order valence-electron chi connectivity index (χ2n) is 47.5. The third-order valence-electron chi connectivity index (χ3n) is 37.2. The SMILES string of the molecule is CC1=C(C)C(C)(C)C(C)(C)C(C)(C)C1(C)C.CC1=C(C)C(C)(C)C(C)(C)C(C)(C)O1.CC1=C(C)C(C)(C)C(C)(C)C1(C)C.CC1=C(C)C(C)(C)C(C)(C)O1.CC1=C(C)C(C)(C)C(C)(C)OC1(C)C.CC1=C(C)C(C)(C)C(C)=C(C)C1(C)C.CC1=C(C)C(C)(C)OC1(C)C.CC1=C(C)OC(C)(C)C(C)(C)O1.CC1=C(C)OC(C)(C)O1. The number of rotatable bonds is 0. The van der Waals surface area contributed by atoms with E-state index in [1.54, 1.807) is 44.6 Å². The molecule has 6 aliphatic heterocycles. The van der Waals surface area contributed by atoms with Crippen molar-refractivity contribution in [1.29, 1.82) is 0 Å². The van der Waals surface area contributed by atoms with Gasteiger partial charge in [0.15, 0.2) is 0 Å². The summed E-state index contributed by atoms with van der Waals surface area (Å²) in [5.74, 6) is 5.31. The van der Waals surface area contributed by atoms with Gasteiger partial charge in [-0.15, -0.1) is 0 Å². The summed E-state index contributed by atoms with van der Waals surface area (Å²) in [6.07, 6.45) is 0. The zero-order chi connectivity index (χ0) is 92.2. The van der Waals surface area contributed by atoms with Gasteiger partial charge in [0.2, 0.25) is 5.79 Å². The van der Waals surface area contributed by atoms with Crippen molar-refractivity contribution in [2.75, 3.05) is 0 Å². The van der Waals surface area contributed by atoms with Gasteiger partial charge in [0.25, 0.3) is 0 Å². The largest absolute Gasteiger partial charge is 0.492 e. The minimum absolute atomic E-state index is 0.0405. The van der Waals surface area contributed by atoms with Crippen LogP contribution in [0.5, 0.6) is 0 Å². The lowest BCUT2D eigenvalue weighted by Gasteiger charge is -2.64. The molecule has 664 valence electrons. The smallest absolute Gasteiger partial charge is 0.245 e. The molecule has 0 radical (unpaired) electrons. The Hall–Kier alpha value is -3.88. The van der Waals surface area contributed by atoms with Crippen LogP contribution in [0.25, 0.3) is 0 Å². The lowest BCUT2D eigenvalue weighted by molar-refractivity contribution is -0.167. The molecule has 8 nitrogen and oxygen atoms in total. The fourth-order valence-electron chi connectivity index (χ4n) is 18.2. The summed E-state index contributed by atoms with van der Waals surface area (Å²) in [6, 6.07) is 0. The van der Waals surface area contributed by atoms with Crippen molar-refractivity contribution in [2.24, 2.45) is 70.4 Å². The molecular formula is C106H192O8. The van der Waals surface area contributed by atoms with Gasteiger partial charge in [0, 0.05) is 40.9 Å². The Morgan fingerprint density at radius 1 is 0.140 bits per heavy atom. The maximum Gasteiger partial charge on any atom is 0.245 e. The highest BCUT2D eigenvalue weighted by atomic mass is 16.7. The Bertz CT molecular complexity index is 3670. The van der Waals surface area contributed by atoms with Gasteiger partial charge in [-0.1, -0.05) is 230 Å². The van der Waals surface area contributed by atoms with Crippen LogP contribution in [0.15, 0.2) is 113 Å². The average Bonchev–Trinajstić information content (AvgIpc) is 1.04. The maximum absolute atomic E-state index is 6.20. The quantitative estimate of drug-likeness (QED) is 0.222. The molecule has 0 saturated heterocycles. The number of hydrogen-bond acceptors (Lipinski definition) is 8. The lowest BCUT2D eigenvalue weighted by atomic mass is 9.40. The third kappa shape index (κ3) is 19.5. The van der Waals surface area contributed by atoms with Crippen LogP contribution < -0.4 is 0 Å². The molecule has 0 unspecified atom stereocenters. The molecule has 9 aliphatic rings. The third-order valence-corrected chi connectivity index (χ3v) is 37.2. The van der Waals surface area contributed by atoms with Crippen LogP contribution in [-0.4, -0.2) is 50.6 Å². The lowest BCUT2D eigenvalue weighted by Crippen LogP contribution is -2.56. The molecule has 0 aromatic heterocycles.